The van der Waals surface area contributed by atoms with Gasteiger partial charge in [0.2, 0.25) is 0 Å². The molecule has 2 N–H and O–H groups in total. The van der Waals surface area contributed by atoms with Gasteiger partial charge in [-0.1, -0.05) is 56.0 Å². The van der Waals surface area contributed by atoms with Gasteiger partial charge in [0.25, 0.3) is 0 Å². The molecule has 1 aromatic rings. The van der Waals surface area contributed by atoms with Crippen molar-refractivity contribution < 1.29 is 0 Å². The highest BCUT2D eigenvalue weighted by molar-refractivity contribution is 5.26. The largest absolute Gasteiger partial charge is 0.326 e. The van der Waals surface area contributed by atoms with Crippen molar-refractivity contribution in [3.63, 3.8) is 0 Å². The summed E-state index contributed by atoms with van der Waals surface area (Å²) in [5, 5.41) is 0. The van der Waals surface area contributed by atoms with E-state index in [2.05, 4.69) is 43.0 Å². The zero-order valence-electron chi connectivity index (χ0n) is 13.1. The molecule has 0 amide bonds. The predicted molar refractivity (Wildman–Crippen MR) is 86.8 cm³/mol. The van der Waals surface area contributed by atoms with E-state index in [0.29, 0.717) is 6.04 Å². The third-order valence-corrected chi connectivity index (χ3v) is 4.54. The summed E-state index contributed by atoms with van der Waals surface area (Å²) in [5.41, 5.74) is 9.22. The third-order valence-electron chi connectivity index (χ3n) is 4.54. The van der Waals surface area contributed by atoms with Gasteiger partial charge >= 0.3 is 0 Å². The molecule has 1 saturated heterocycles. The summed E-state index contributed by atoms with van der Waals surface area (Å²) in [6, 6.07) is 9.54. The van der Waals surface area contributed by atoms with Crippen molar-refractivity contribution in [2.24, 2.45) is 5.73 Å². The monoisotopic (exact) mass is 274 g/mol. The van der Waals surface area contributed by atoms with E-state index in [1.54, 1.807) is 0 Å². The highest BCUT2D eigenvalue weighted by atomic mass is 15.2. The lowest BCUT2D eigenvalue weighted by molar-refractivity contribution is 0.155. The molecule has 0 spiro atoms. The van der Waals surface area contributed by atoms with Gasteiger partial charge in [-0.05, 0) is 44.8 Å². The van der Waals surface area contributed by atoms with Gasteiger partial charge in [-0.3, -0.25) is 4.90 Å². The van der Waals surface area contributed by atoms with Crippen LogP contribution in [0.2, 0.25) is 0 Å². The number of nitrogens with two attached hydrogens (primary N) is 1. The summed E-state index contributed by atoms with van der Waals surface area (Å²) in [6.07, 6.45) is 7.83. The van der Waals surface area contributed by atoms with E-state index >= 15 is 0 Å². The Hall–Kier alpha value is -0.860. The lowest BCUT2D eigenvalue weighted by Crippen LogP contribution is -2.42. The Morgan fingerprint density at radius 1 is 1.10 bits per heavy atom. The van der Waals surface area contributed by atoms with E-state index in [4.69, 9.17) is 5.73 Å². The minimum absolute atomic E-state index is 0.233. The molecular weight excluding hydrogens is 244 g/mol. The predicted octanol–water partition coefficient (Wildman–Crippen LogP) is 4.04. The first-order valence-electron chi connectivity index (χ1n) is 8.28. The molecule has 0 aromatic heterocycles. The van der Waals surface area contributed by atoms with Gasteiger partial charge in [0, 0.05) is 12.1 Å². The summed E-state index contributed by atoms with van der Waals surface area (Å²) in [4.78, 5) is 2.64. The quantitative estimate of drug-likeness (QED) is 0.898. The molecule has 2 rings (SSSR count). The van der Waals surface area contributed by atoms with E-state index in [0.717, 1.165) is 6.42 Å². The Kier molecular flexibility index (Phi) is 6.06. The molecule has 2 heteroatoms. The molecule has 0 aliphatic carbocycles. The first-order valence-corrected chi connectivity index (χ1v) is 8.28. The molecule has 112 valence electrons. The van der Waals surface area contributed by atoms with Gasteiger partial charge in [-0.25, -0.2) is 0 Å². The minimum Gasteiger partial charge on any atom is -0.326 e. The number of rotatable bonds is 4. The van der Waals surface area contributed by atoms with Crippen molar-refractivity contribution in [2.75, 3.05) is 13.1 Å². The Bertz CT molecular complexity index is 394. The maximum atomic E-state index is 6.48. The van der Waals surface area contributed by atoms with Crippen LogP contribution in [0.5, 0.6) is 0 Å². The van der Waals surface area contributed by atoms with E-state index in [1.165, 1.54) is 56.3 Å². The zero-order chi connectivity index (χ0) is 14.4. The van der Waals surface area contributed by atoms with Crippen LogP contribution in [-0.4, -0.2) is 24.0 Å². The fourth-order valence-corrected chi connectivity index (χ4v) is 3.36. The van der Waals surface area contributed by atoms with Crippen LogP contribution in [0.3, 0.4) is 0 Å². The van der Waals surface area contributed by atoms with Crippen LogP contribution < -0.4 is 5.73 Å². The van der Waals surface area contributed by atoms with Crippen LogP contribution in [0.15, 0.2) is 24.3 Å². The van der Waals surface area contributed by atoms with Crippen molar-refractivity contribution in [3.8, 4) is 0 Å². The SMILES string of the molecule is CCC(N)C(c1cccc(C)c1)N1CCCCCCC1. The molecule has 1 heterocycles. The minimum atomic E-state index is 0.233. The van der Waals surface area contributed by atoms with Crippen LogP contribution in [0, 0.1) is 6.92 Å². The summed E-state index contributed by atoms with van der Waals surface area (Å²) < 4.78 is 0. The van der Waals surface area contributed by atoms with Crippen molar-refractivity contribution in [1.29, 1.82) is 0 Å². The number of nitrogens with zero attached hydrogens (tertiary/aromatic N) is 1. The number of aryl methyl sites for hydroxylation is 1. The standard InChI is InChI=1S/C18H30N2/c1-3-17(19)18(16-11-9-10-15(2)14-16)20-12-7-5-4-6-8-13-20/h9-11,14,17-18H,3-8,12-13,19H2,1-2H3. The molecule has 20 heavy (non-hydrogen) atoms. The molecule has 1 aromatic carbocycles. The molecule has 2 unspecified atom stereocenters. The van der Waals surface area contributed by atoms with Crippen LogP contribution in [0.4, 0.5) is 0 Å². The lowest BCUT2D eigenvalue weighted by atomic mass is 9.93. The molecule has 1 aliphatic rings. The van der Waals surface area contributed by atoms with E-state index < -0.39 is 0 Å². The Labute approximate surface area is 124 Å². The van der Waals surface area contributed by atoms with Gasteiger partial charge in [0.15, 0.2) is 0 Å². The number of likely N-dealkylation sites (tertiary alicyclic amines) is 1. The van der Waals surface area contributed by atoms with Crippen LogP contribution in [-0.2, 0) is 0 Å². The second-order valence-electron chi connectivity index (χ2n) is 6.23. The molecule has 1 fully saturated rings. The maximum Gasteiger partial charge on any atom is 0.0499 e. The first-order chi connectivity index (χ1) is 9.72. The second-order valence-corrected chi connectivity index (χ2v) is 6.23. The second kappa shape index (κ2) is 7.80. The third kappa shape index (κ3) is 4.07. The van der Waals surface area contributed by atoms with E-state index in [9.17, 15) is 0 Å². The van der Waals surface area contributed by atoms with Gasteiger partial charge < -0.3 is 5.73 Å². The van der Waals surface area contributed by atoms with Crippen molar-refractivity contribution in [1.82, 2.24) is 4.90 Å². The smallest absolute Gasteiger partial charge is 0.0499 e. The van der Waals surface area contributed by atoms with Gasteiger partial charge in [-0.2, -0.15) is 0 Å². The first kappa shape index (κ1) is 15.5. The Morgan fingerprint density at radius 3 is 2.35 bits per heavy atom. The molecule has 0 bridgehead atoms. The van der Waals surface area contributed by atoms with Crippen molar-refractivity contribution >= 4 is 0 Å². The normalized spacial score (nSPS) is 20.9. The topological polar surface area (TPSA) is 29.3 Å². The van der Waals surface area contributed by atoms with Crippen LogP contribution >= 0.6 is 0 Å². The summed E-state index contributed by atoms with van der Waals surface area (Å²) in [5.74, 6) is 0. The van der Waals surface area contributed by atoms with Crippen molar-refractivity contribution in [2.45, 2.75) is 64.5 Å². The van der Waals surface area contributed by atoms with E-state index in [-0.39, 0.29) is 6.04 Å². The van der Waals surface area contributed by atoms with E-state index in [1.807, 2.05) is 0 Å². The van der Waals surface area contributed by atoms with Gasteiger partial charge in [-0.15, -0.1) is 0 Å². The summed E-state index contributed by atoms with van der Waals surface area (Å²) in [6.45, 7) is 6.78. The highest BCUT2D eigenvalue weighted by Gasteiger charge is 2.25. The molecule has 0 radical (unpaired) electrons. The average molecular weight is 274 g/mol. The fraction of sp³-hybridized carbons (Fsp3) is 0.667. The van der Waals surface area contributed by atoms with Gasteiger partial charge in [0.1, 0.15) is 0 Å². The van der Waals surface area contributed by atoms with Crippen molar-refractivity contribution in [3.05, 3.63) is 35.4 Å². The maximum absolute atomic E-state index is 6.48. The number of hydrogen-bond donors (Lipinski definition) is 1. The highest BCUT2D eigenvalue weighted by Crippen LogP contribution is 2.28. The molecule has 0 saturated carbocycles. The molecule has 2 atom stereocenters. The molecule has 1 aliphatic heterocycles. The number of benzene rings is 1. The van der Waals surface area contributed by atoms with Crippen LogP contribution in [0.25, 0.3) is 0 Å². The van der Waals surface area contributed by atoms with Gasteiger partial charge in [0.05, 0.1) is 0 Å². The Morgan fingerprint density at radius 2 is 1.75 bits per heavy atom. The molecule has 2 nitrogen and oxygen atoms in total. The number of hydrogen-bond acceptors (Lipinski definition) is 2. The molecular formula is C18H30N2. The average Bonchev–Trinajstić information content (AvgIpc) is 2.41. The van der Waals surface area contributed by atoms with Crippen LogP contribution in [0.1, 0.15) is 62.6 Å². The summed E-state index contributed by atoms with van der Waals surface area (Å²) in [7, 11) is 0. The lowest BCUT2D eigenvalue weighted by Gasteiger charge is -2.37. The zero-order valence-corrected chi connectivity index (χ0v) is 13.1. The fourth-order valence-electron chi connectivity index (χ4n) is 3.36. The Balaban J connectivity index is 2.21. The summed E-state index contributed by atoms with van der Waals surface area (Å²) >= 11 is 0.